The molecule has 0 aromatic heterocycles. The van der Waals surface area contributed by atoms with E-state index in [1.54, 1.807) is 0 Å². The molecule has 0 N–H and O–H groups in total. The fourth-order valence-corrected chi connectivity index (χ4v) is 6.34. The van der Waals surface area contributed by atoms with Crippen LogP contribution in [0.5, 0.6) is 0 Å². The summed E-state index contributed by atoms with van der Waals surface area (Å²) in [6, 6.07) is 0. The number of rotatable bonds is 7. The Labute approximate surface area is 188 Å². The van der Waals surface area contributed by atoms with Gasteiger partial charge in [0.05, 0.1) is 5.41 Å². The minimum Gasteiger partial charge on any atom is -0.743 e. The van der Waals surface area contributed by atoms with Gasteiger partial charge in [0, 0.05) is 0 Å². The van der Waals surface area contributed by atoms with Crippen molar-refractivity contribution in [2.75, 3.05) is 0 Å². The fourth-order valence-electron chi connectivity index (χ4n) is 6.09. The first-order valence-corrected chi connectivity index (χ1v) is 12.4. The van der Waals surface area contributed by atoms with Crippen molar-refractivity contribution >= 4 is 22.1 Å². The van der Waals surface area contributed by atoms with Crippen molar-refractivity contribution in [3.8, 4) is 0 Å². The molecule has 184 valence electrons. The van der Waals surface area contributed by atoms with E-state index >= 15 is 0 Å². The van der Waals surface area contributed by atoms with Crippen LogP contribution < -0.4 is 0 Å². The molecule has 4 saturated carbocycles. The molecule has 0 aromatic rings. The average Bonchev–Trinajstić information content (AvgIpc) is 2.58. The van der Waals surface area contributed by atoms with Gasteiger partial charge in [0.25, 0.3) is 0 Å². The van der Waals surface area contributed by atoms with E-state index in [4.69, 9.17) is 9.47 Å². The summed E-state index contributed by atoms with van der Waals surface area (Å²) < 4.78 is 70.0. The molecule has 0 heterocycles. The quantitative estimate of drug-likeness (QED) is 0.401. The maximum absolute atomic E-state index is 13.6. The molecule has 0 spiro atoms. The highest BCUT2D eigenvalue weighted by Gasteiger charge is 2.61. The van der Waals surface area contributed by atoms with Crippen molar-refractivity contribution in [1.82, 2.24) is 0 Å². The van der Waals surface area contributed by atoms with E-state index in [-0.39, 0.29) is 5.41 Å². The predicted octanol–water partition coefficient (Wildman–Crippen LogP) is 4.01. The summed E-state index contributed by atoms with van der Waals surface area (Å²) in [6.07, 6.45) is 6.47. The third-order valence-corrected chi connectivity index (χ3v) is 9.37. The molecule has 0 radical (unpaired) electrons. The number of hydrogen-bond donors (Lipinski definition) is 0. The van der Waals surface area contributed by atoms with Crippen molar-refractivity contribution in [2.45, 2.75) is 96.5 Å². The largest absolute Gasteiger partial charge is 0.743 e. The standard InChI is InChI=1S/C22H34F2O7S/c1-18(2,21-10-13-7-14(11-21)9-15(8-13)12-21)16(25)30-19(3,4)20(5,6)31-17(26)22(23,24)32(27,28)29/h13-15H,7-12H2,1-6H3,(H,27,28,29)/p-1. The van der Waals surface area contributed by atoms with Gasteiger partial charge in [-0.3, -0.25) is 4.79 Å². The lowest BCUT2D eigenvalue weighted by molar-refractivity contribution is -0.221. The van der Waals surface area contributed by atoms with Gasteiger partial charge in [0.1, 0.15) is 11.2 Å². The Balaban J connectivity index is 1.77. The molecule has 4 aliphatic rings. The van der Waals surface area contributed by atoms with Gasteiger partial charge < -0.3 is 14.0 Å². The minimum absolute atomic E-state index is 0.195. The van der Waals surface area contributed by atoms with Crippen LogP contribution in [0.2, 0.25) is 0 Å². The van der Waals surface area contributed by atoms with Crippen LogP contribution in [0.15, 0.2) is 0 Å². The lowest BCUT2D eigenvalue weighted by atomic mass is 9.43. The fraction of sp³-hybridized carbons (Fsp3) is 0.909. The van der Waals surface area contributed by atoms with E-state index in [0.29, 0.717) is 17.8 Å². The highest BCUT2D eigenvalue weighted by Crippen LogP contribution is 2.66. The van der Waals surface area contributed by atoms with Crippen LogP contribution in [0.3, 0.4) is 0 Å². The van der Waals surface area contributed by atoms with Crippen molar-refractivity contribution in [2.24, 2.45) is 28.6 Å². The molecule has 0 saturated heterocycles. The molecule has 0 aromatic carbocycles. The Kier molecular flexibility index (Phi) is 5.82. The van der Waals surface area contributed by atoms with Gasteiger partial charge in [-0.05, 0) is 103 Å². The Bertz CT molecular complexity index is 870. The SMILES string of the molecule is CC(C)(OC(=O)C(C)(C)C12CC3CC(CC(C3)C1)C2)C(C)(C)OC(=O)C(F)(F)S(=O)(=O)[O-]. The van der Waals surface area contributed by atoms with Crippen molar-refractivity contribution in [3.63, 3.8) is 0 Å². The van der Waals surface area contributed by atoms with Gasteiger partial charge in [-0.2, -0.15) is 8.78 Å². The number of alkyl halides is 2. The predicted molar refractivity (Wildman–Crippen MR) is 109 cm³/mol. The molecule has 0 unspecified atom stereocenters. The van der Waals surface area contributed by atoms with Gasteiger partial charge >= 0.3 is 17.2 Å². The van der Waals surface area contributed by atoms with E-state index in [9.17, 15) is 31.3 Å². The normalized spacial score (nSPS) is 30.8. The van der Waals surface area contributed by atoms with Gasteiger partial charge in [-0.1, -0.05) is 0 Å². The summed E-state index contributed by atoms with van der Waals surface area (Å²) >= 11 is 0. The lowest BCUT2D eigenvalue weighted by Gasteiger charge is -2.61. The summed E-state index contributed by atoms with van der Waals surface area (Å²) in [5, 5.41) is -5.25. The number of esters is 2. The summed E-state index contributed by atoms with van der Waals surface area (Å²) in [6.45, 7) is 8.97. The monoisotopic (exact) mass is 479 g/mol. The third kappa shape index (κ3) is 3.95. The first kappa shape index (κ1) is 25.3. The van der Waals surface area contributed by atoms with Crippen molar-refractivity contribution < 1.29 is 40.8 Å². The van der Waals surface area contributed by atoms with E-state index in [0.717, 1.165) is 19.3 Å². The van der Waals surface area contributed by atoms with E-state index < -0.39 is 43.9 Å². The lowest BCUT2D eigenvalue weighted by Crippen LogP contribution is -2.59. The second-order valence-electron chi connectivity index (χ2n) is 11.6. The zero-order valence-electron chi connectivity index (χ0n) is 19.5. The van der Waals surface area contributed by atoms with Crippen molar-refractivity contribution in [1.29, 1.82) is 0 Å². The van der Waals surface area contributed by atoms with Gasteiger partial charge in [-0.25, -0.2) is 13.2 Å². The number of ether oxygens (including phenoxy) is 2. The van der Waals surface area contributed by atoms with E-state index in [1.165, 1.54) is 47.0 Å². The topological polar surface area (TPSA) is 110 Å². The van der Waals surface area contributed by atoms with Crippen LogP contribution in [-0.4, -0.2) is 41.4 Å². The smallest absolute Gasteiger partial charge is 0.428 e. The zero-order chi connectivity index (χ0) is 24.5. The second-order valence-corrected chi connectivity index (χ2v) is 13.0. The van der Waals surface area contributed by atoms with E-state index in [2.05, 4.69) is 0 Å². The Morgan fingerprint density at radius 2 is 1.16 bits per heavy atom. The molecule has 4 rings (SSSR count). The van der Waals surface area contributed by atoms with Gasteiger partial charge in [0.2, 0.25) is 0 Å². The highest BCUT2D eigenvalue weighted by molar-refractivity contribution is 7.87. The highest BCUT2D eigenvalue weighted by atomic mass is 32.2. The van der Waals surface area contributed by atoms with E-state index in [1.807, 2.05) is 13.8 Å². The molecule has 10 heteroatoms. The van der Waals surface area contributed by atoms with Gasteiger partial charge in [-0.15, -0.1) is 0 Å². The molecular formula is C22H33F2O7S-. The summed E-state index contributed by atoms with van der Waals surface area (Å²) in [4.78, 5) is 25.2. The Morgan fingerprint density at radius 1 is 0.812 bits per heavy atom. The first-order valence-electron chi connectivity index (χ1n) is 11.0. The first-order chi connectivity index (χ1) is 14.2. The molecule has 32 heavy (non-hydrogen) atoms. The van der Waals surface area contributed by atoms with Crippen molar-refractivity contribution in [3.05, 3.63) is 0 Å². The van der Waals surface area contributed by atoms with Crippen LogP contribution in [0.1, 0.15) is 80.1 Å². The van der Waals surface area contributed by atoms with Gasteiger partial charge in [0.15, 0.2) is 10.1 Å². The molecule has 4 bridgehead atoms. The average molecular weight is 480 g/mol. The van der Waals surface area contributed by atoms with Crippen LogP contribution in [-0.2, 0) is 29.2 Å². The van der Waals surface area contributed by atoms with Crippen LogP contribution in [0, 0.1) is 28.6 Å². The van der Waals surface area contributed by atoms with Crippen LogP contribution in [0.25, 0.3) is 0 Å². The maximum atomic E-state index is 13.6. The molecule has 0 aliphatic heterocycles. The summed E-state index contributed by atoms with van der Waals surface area (Å²) in [7, 11) is -6.26. The number of hydrogen-bond acceptors (Lipinski definition) is 7. The Hall–Kier alpha value is -1.29. The van der Waals surface area contributed by atoms with Crippen LogP contribution >= 0.6 is 0 Å². The summed E-state index contributed by atoms with van der Waals surface area (Å²) in [5.74, 6) is -1.20. The summed E-state index contributed by atoms with van der Waals surface area (Å²) in [5.41, 5.74) is -4.46. The molecule has 4 aliphatic carbocycles. The molecule has 0 amide bonds. The molecule has 4 fully saturated rings. The van der Waals surface area contributed by atoms with Crippen LogP contribution in [0.4, 0.5) is 8.78 Å². The zero-order valence-corrected chi connectivity index (χ0v) is 20.3. The molecule has 7 nitrogen and oxygen atoms in total. The molecular weight excluding hydrogens is 446 g/mol. The maximum Gasteiger partial charge on any atom is 0.428 e. The third-order valence-electron chi connectivity index (χ3n) is 8.57. The number of carbonyl (C=O) groups is 2. The minimum atomic E-state index is -6.26. The number of carbonyl (C=O) groups excluding carboxylic acids is 2. The Morgan fingerprint density at radius 3 is 1.50 bits per heavy atom. The second kappa shape index (κ2) is 7.35. The number of halogens is 2. The molecule has 0 atom stereocenters.